The molecule has 144 valence electrons. The average Bonchev–Trinajstić information content (AvgIpc) is 3.28. The Bertz CT molecular complexity index is 968. The minimum Gasteiger partial charge on any atom is -0.309 e. The van der Waals surface area contributed by atoms with Crippen molar-refractivity contribution in [1.82, 2.24) is 19.8 Å². The topological polar surface area (TPSA) is 52.2 Å². The Morgan fingerprint density at radius 1 is 1.26 bits per heavy atom. The van der Waals surface area contributed by atoms with E-state index in [0.29, 0.717) is 0 Å². The van der Waals surface area contributed by atoms with Gasteiger partial charge in [0, 0.05) is 42.5 Å². The molecule has 1 saturated heterocycles. The molecule has 0 aliphatic carbocycles. The Morgan fingerprint density at radius 3 is 2.74 bits per heavy atom. The number of fused-ring (bicyclic) bond motifs is 1. The van der Waals surface area contributed by atoms with Gasteiger partial charge in [0.1, 0.15) is 10.7 Å². The van der Waals surface area contributed by atoms with E-state index in [-0.39, 0.29) is 11.6 Å². The number of aromatic nitrogens is 2. The van der Waals surface area contributed by atoms with Crippen molar-refractivity contribution in [1.29, 1.82) is 0 Å². The maximum Gasteiger partial charge on any atom is 0.259 e. The van der Waals surface area contributed by atoms with Gasteiger partial charge >= 0.3 is 0 Å². The molecule has 5 nitrogen and oxygen atoms in total. The Morgan fingerprint density at radius 2 is 2.04 bits per heavy atom. The van der Waals surface area contributed by atoms with Crippen molar-refractivity contribution < 1.29 is 0 Å². The van der Waals surface area contributed by atoms with Gasteiger partial charge < -0.3 is 9.88 Å². The van der Waals surface area contributed by atoms with Crippen LogP contribution in [0.1, 0.15) is 34.1 Å². The Kier molecular flexibility index (Phi) is 5.45. The zero-order chi connectivity index (χ0) is 19.0. The molecule has 3 aromatic rings. The Balaban J connectivity index is 1.41. The highest BCUT2D eigenvalue weighted by molar-refractivity contribution is 7.18. The average molecular weight is 403 g/mol. The molecule has 4 rings (SSSR count). The summed E-state index contributed by atoms with van der Waals surface area (Å²) in [5.41, 5.74) is 1.06. The van der Waals surface area contributed by atoms with E-state index < -0.39 is 0 Å². The Hall–Kier alpha value is -1.54. The normalized spacial score (nSPS) is 17.6. The molecule has 0 radical (unpaired) electrons. The minimum absolute atomic E-state index is 0.00159. The second-order valence-corrected chi connectivity index (χ2v) is 9.53. The molecule has 0 saturated carbocycles. The summed E-state index contributed by atoms with van der Waals surface area (Å²) < 4.78 is 0. The van der Waals surface area contributed by atoms with Gasteiger partial charge in [0.15, 0.2) is 0 Å². The second-order valence-electron chi connectivity index (χ2n) is 7.30. The monoisotopic (exact) mass is 402 g/mol. The number of piperazine rings is 1. The molecule has 1 N–H and O–H groups in total. The lowest BCUT2D eigenvalue weighted by molar-refractivity contribution is 0.100. The first-order chi connectivity index (χ1) is 13.0. The maximum absolute atomic E-state index is 12.6. The van der Waals surface area contributed by atoms with Crippen LogP contribution in [0.5, 0.6) is 0 Å². The molecule has 1 aliphatic rings. The van der Waals surface area contributed by atoms with Gasteiger partial charge in [-0.05, 0) is 44.2 Å². The van der Waals surface area contributed by atoms with Crippen LogP contribution in [0.15, 0.2) is 22.3 Å². The van der Waals surface area contributed by atoms with Crippen LogP contribution in [0.2, 0.25) is 0 Å². The van der Waals surface area contributed by atoms with Crippen LogP contribution in [0.25, 0.3) is 10.2 Å². The number of aryl methyl sites for hydroxylation is 2. The summed E-state index contributed by atoms with van der Waals surface area (Å²) in [7, 11) is 0. The summed E-state index contributed by atoms with van der Waals surface area (Å²) in [4.78, 5) is 28.9. The molecule has 1 aliphatic heterocycles. The van der Waals surface area contributed by atoms with E-state index in [4.69, 9.17) is 4.98 Å². The van der Waals surface area contributed by atoms with Gasteiger partial charge in [0.2, 0.25) is 0 Å². The van der Waals surface area contributed by atoms with Gasteiger partial charge in [0.25, 0.3) is 5.56 Å². The molecule has 1 unspecified atom stereocenters. The minimum atomic E-state index is -0.00159. The number of nitrogens with one attached hydrogen (secondary N) is 1. The lowest BCUT2D eigenvalue weighted by atomic mass is 10.2. The summed E-state index contributed by atoms with van der Waals surface area (Å²) in [6, 6.07) is 4.47. The lowest BCUT2D eigenvalue weighted by Crippen LogP contribution is -2.47. The van der Waals surface area contributed by atoms with Crippen molar-refractivity contribution in [3.63, 3.8) is 0 Å². The van der Waals surface area contributed by atoms with E-state index in [1.165, 1.54) is 9.75 Å². The molecular weight excluding hydrogens is 376 g/mol. The fourth-order valence-corrected chi connectivity index (χ4v) is 5.47. The fraction of sp³-hybridized carbons (Fsp3) is 0.500. The highest BCUT2D eigenvalue weighted by Crippen LogP contribution is 2.27. The van der Waals surface area contributed by atoms with Crippen LogP contribution in [0.4, 0.5) is 0 Å². The highest BCUT2D eigenvalue weighted by Gasteiger charge is 2.24. The first-order valence-electron chi connectivity index (χ1n) is 9.51. The number of rotatable bonds is 5. The Labute approximate surface area is 167 Å². The highest BCUT2D eigenvalue weighted by atomic mass is 32.1. The summed E-state index contributed by atoms with van der Waals surface area (Å²) in [6.45, 7) is 11.5. The zero-order valence-corrected chi connectivity index (χ0v) is 17.8. The van der Waals surface area contributed by atoms with Crippen LogP contribution in [0.3, 0.4) is 0 Å². The van der Waals surface area contributed by atoms with Crippen LogP contribution in [-0.4, -0.2) is 52.5 Å². The number of hydrogen-bond acceptors (Lipinski definition) is 6. The van der Waals surface area contributed by atoms with E-state index in [1.807, 2.05) is 18.3 Å². The summed E-state index contributed by atoms with van der Waals surface area (Å²) >= 11 is 3.46. The summed E-state index contributed by atoms with van der Waals surface area (Å²) in [5.74, 6) is 0.792. The third-order valence-electron chi connectivity index (χ3n) is 5.66. The zero-order valence-electron chi connectivity index (χ0n) is 16.1. The fourth-order valence-electron chi connectivity index (χ4n) is 3.74. The van der Waals surface area contributed by atoms with Crippen LogP contribution >= 0.6 is 22.7 Å². The quantitative estimate of drug-likeness (QED) is 0.709. The molecule has 0 aromatic carbocycles. The smallest absolute Gasteiger partial charge is 0.259 e. The van der Waals surface area contributed by atoms with Gasteiger partial charge in [0.05, 0.1) is 11.4 Å². The largest absolute Gasteiger partial charge is 0.309 e. The van der Waals surface area contributed by atoms with E-state index in [0.717, 1.165) is 60.7 Å². The molecule has 7 heteroatoms. The number of H-pyrrole nitrogens is 1. The van der Waals surface area contributed by atoms with Crippen LogP contribution in [-0.2, 0) is 6.42 Å². The van der Waals surface area contributed by atoms with Gasteiger partial charge in [-0.25, -0.2) is 4.98 Å². The molecule has 1 atom stereocenters. The summed E-state index contributed by atoms with van der Waals surface area (Å²) in [5, 5.41) is 2.91. The number of hydrogen-bond donors (Lipinski definition) is 1. The van der Waals surface area contributed by atoms with Gasteiger partial charge in [-0.15, -0.1) is 22.7 Å². The van der Waals surface area contributed by atoms with E-state index in [2.05, 4.69) is 46.1 Å². The number of aromatic amines is 1. The van der Waals surface area contributed by atoms with Gasteiger partial charge in [-0.3, -0.25) is 9.69 Å². The van der Waals surface area contributed by atoms with Crippen molar-refractivity contribution in [2.24, 2.45) is 0 Å². The third kappa shape index (κ3) is 3.87. The third-order valence-corrected chi connectivity index (χ3v) is 7.70. The van der Waals surface area contributed by atoms with E-state index in [1.54, 1.807) is 11.3 Å². The predicted octanol–water partition coefficient (Wildman–Crippen LogP) is 3.58. The number of thiophene rings is 2. The predicted molar refractivity (Wildman–Crippen MR) is 114 cm³/mol. The van der Waals surface area contributed by atoms with Crippen molar-refractivity contribution in [3.05, 3.63) is 49.0 Å². The standard InChI is InChI=1S/C20H26N4OS2/c1-13-15(3)27-20-17(13)19(25)21-18(22-20)14(2)24-10-8-23(9-11-24)7-6-16-5-4-12-26-16/h4-5,12,14H,6-11H2,1-3H3,(H,21,22,25). The number of nitrogens with zero attached hydrogens (tertiary/aromatic N) is 3. The first kappa shape index (κ1) is 18.8. The van der Waals surface area contributed by atoms with Crippen molar-refractivity contribution in [3.8, 4) is 0 Å². The van der Waals surface area contributed by atoms with E-state index in [9.17, 15) is 4.79 Å². The molecule has 0 spiro atoms. The molecule has 0 bridgehead atoms. The van der Waals surface area contributed by atoms with Crippen LogP contribution in [0, 0.1) is 13.8 Å². The first-order valence-corrected chi connectivity index (χ1v) is 11.2. The lowest BCUT2D eigenvalue weighted by Gasteiger charge is -2.37. The second kappa shape index (κ2) is 7.83. The van der Waals surface area contributed by atoms with Crippen molar-refractivity contribution in [2.45, 2.75) is 33.2 Å². The van der Waals surface area contributed by atoms with E-state index >= 15 is 0 Å². The van der Waals surface area contributed by atoms with Gasteiger partial charge in [-0.2, -0.15) is 0 Å². The molecule has 4 heterocycles. The van der Waals surface area contributed by atoms with Gasteiger partial charge in [-0.1, -0.05) is 6.07 Å². The van der Waals surface area contributed by atoms with Crippen molar-refractivity contribution >= 4 is 32.9 Å². The molecule has 3 aromatic heterocycles. The molecule has 0 amide bonds. The molecular formula is C20H26N4OS2. The summed E-state index contributed by atoms with van der Waals surface area (Å²) in [6.07, 6.45) is 1.13. The maximum atomic E-state index is 12.6. The SMILES string of the molecule is Cc1sc2nc(C(C)N3CCN(CCc4cccs4)CC3)[nH]c(=O)c2c1C. The van der Waals surface area contributed by atoms with Crippen LogP contribution < -0.4 is 5.56 Å². The molecule has 27 heavy (non-hydrogen) atoms. The molecule has 1 fully saturated rings. The van der Waals surface area contributed by atoms with Crippen molar-refractivity contribution in [2.75, 3.05) is 32.7 Å².